The summed E-state index contributed by atoms with van der Waals surface area (Å²) in [6.07, 6.45) is 2.18. The summed E-state index contributed by atoms with van der Waals surface area (Å²) >= 11 is 6.32. The lowest BCUT2D eigenvalue weighted by Gasteiger charge is -2.14. The summed E-state index contributed by atoms with van der Waals surface area (Å²) in [6, 6.07) is 9.50. The summed E-state index contributed by atoms with van der Waals surface area (Å²) in [4.78, 5) is 10.9. The maximum Gasteiger partial charge on any atom is 0.236 e. The third-order valence-electron chi connectivity index (χ3n) is 3.88. The third kappa shape index (κ3) is 6.16. The van der Waals surface area contributed by atoms with Crippen molar-refractivity contribution in [2.24, 2.45) is 5.10 Å². The van der Waals surface area contributed by atoms with E-state index < -0.39 is 0 Å². The first kappa shape index (κ1) is 21.6. The molecule has 0 aliphatic heterocycles. The van der Waals surface area contributed by atoms with Gasteiger partial charge in [0.2, 0.25) is 5.91 Å². The van der Waals surface area contributed by atoms with Crippen LogP contribution >= 0.6 is 11.6 Å². The molecular weight excluding hydrogens is 380 g/mol. The number of aryl methyl sites for hydroxylation is 2. The SMILES string of the molecule is COc1cc(/C=N\NC(C)=O)cc(Cl)c1OCCCOc1c(C)cccc1C. The lowest BCUT2D eigenvalue weighted by atomic mass is 10.1. The highest BCUT2D eigenvalue weighted by atomic mass is 35.5. The van der Waals surface area contributed by atoms with Crippen LogP contribution < -0.4 is 19.6 Å². The third-order valence-corrected chi connectivity index (χ3v) is 4.16. The fourth-order valence-electron chi connectivity index (χ4n) is 2.59. The van der Waals surface area contributed by atoms with Gasteiger partial charge in [0.15, 0.2) is 11.5 Å². The summed E-state index contributed by atoms with van der Waals surface area (Å²) in [5, 5.41) is 4.22. The van der Waals surface area contributed by atoms with Gasteiger partial charge in [0.05, 0.1) is 31.6 Å². The molecule has 0 fully saturated rings. The molecule has 1 N–H and O–H groups in total. The summed E-state index contributed by atoms with van der Waals surface area (Å²) in [5.41, 5.74) is 5.24. The summed E-state index contributed by atoms with van der Waals surface area (Å²) in [7, 11) is 1.54. The van der Waals surface area contributed by atoms with Gasteiger partial charge in [-0.2, -0.15) is 5.10 Å². The summed E-state index contributed by atoms with van der Waals surface area (Å²) < 4.78 is 17.0. The first-order valence-corrected chi connectivity index (χ1v) is 9.29. The van der Waals surface area contributed by atoms with Gasteiger partial charge < -0.3 is 14.2 Å². The number of amides is 1. The van der Waals surface area contributed by atoms with Crippen molar-refractivity contribution in [1.29, 1.82) is 0 Å². The van der Waals surface area contributed by atoms with Gasteiger partial charge in [-0.05, 0) is 42.7 Å². The van der Waals surface area contributed by atoms with Gasteiger partial charge in [0, 0.05) is 13.3 Å². The Kier molecular flexibility index (Phi) is 8.14. The minimum Gasteiger partial charge on any atom is -0.493 e. The Labute approximate surface area is 170 Å². The second-order valence-electron chi connectivity index (χ2n) is 6.23. The van der Waals surface area contributed by atoms with Gasteiger partial charge in [-0.25, -0.2) is 5.43 Å². The Morgan fingerprint density at radius 3 is 2.39 bits per heavy atom. The van der Waals surface area contributed by atoms with E-state index in [-0.39, 0.29) is 5.91 Å². The molecule has 2 aromatic carbocycles. The summed E-state index contributed by atoms with van der Waals surface area (Å²) in [6.45, 7) is 6.40. The van der Waals surface area contributed by atoms with Crippen molar-refractivity contribution in [2.45, 2.75) is 27.2 Å². The van der Waals surface area contributed by atoms with Crippen LogP contribution in [0.4, 0.5) is 0 Å². The second-order valence-corrected chi connectivity index (χ2v) is 6.64. The Bertz CT molecular complexity index is 832. The highest BCUT2D eigenvalue weighted by molar-refractivity contribution is 6.32. The molecule has 0 spiro atoms. The minimum atomic E-state index is -0.252. The minimum absolute atomic E-state index is 0.252. The van der Waals surface area contributed by atoms with Crippen LogP contribution in [0.15, 0.2) is 35.4 Å². The number of rotatable bonds is 9. The fraction of sp³-hybridized carbons (Fsp3) is 0.333. The van der Waals surface area contributed by atoms with E-state index in [0.717, 1.165) is 16.9 Å². The van der Waals surface area contributed by atoms with Gasteiger partial charge in [0.1, 0.15) is 5.75 Å². The highest BCUT2D eigenvalue weighted by Crippen LogP contribution is 2.36. The molecule has 2 rings (SSSR count). The van der Waals surface area contributed by atoms with Crippen molar-refractivity contribution < 1.29 is 19.0 Å². The smallest absolute Gasteiger partial charge is 0.236 e. The van der Waals surface area contributed by atoms with Crippen molar-refractivity contribution in [3.63, 3.8) is 0 Å². The number of carbonyl (C=O) groups excluding carboxylic acids is 1. The van der Waals surface area contributed by atoms with E-state index in [2.05, 4.69) is 10.5 Å². The van der Waals surface area contributed by atoms with Crippen molar-refractivity contribution in [1.82, 2.24) is 5.43 Å². The van der Waals surface area contributed by atoms with E-state index >= 15 is 0 Å². The van der Waals surface area contributed by atoms with Crippen LogP contribution in [-0.4, -0.2) is 32.4 Å². The number of methoxy groups -OCH3 is 1. The summed E-state index contributed by atoms with van der Waals surface area (Å²) in [5.74, 6) is 1.62. The average molecular weight is 405 g/mol. The van der Waals surface area contributed by atoms with Crippen LogP contribution in [0, 0.1) is 13.8 Å². The molecule has 6 nitrogen and oxygen atoms in total. The van der Waals surface area contributed by atoms with Crippen molar-refractivity contribution >= 4 is 23.7 Å². The van der Waals surface area contributed by atoms with E-state index in [4.69, 9.17) is 25.8 Å². The largest absolute Gasteiger partial charge is 0.493 e. The van der Waals surface area contributed by atoms with Gasteiger partial charge in [0.25, 0.3) is 0 Å². The molecule has 0 radical (unpaired) electrons. The monoisotopic (exact) mass is 404 g/mol. The molecule has 150 valence electrons. The van der Waals surface area contributed by atoms with Gasteiger partial charge in [-0.1, -0.05) is 29.8 Å². The number of hydrazone groups is 1. The lowest BCUT2D eigenvalue weighted by molar-refractivity contribution is -0.118. The molecule has 0 aliphatic rings. The number of ether oxygens (including phenoxy) is 3. The van der Waals surface area contributed by atoms with Crippen molar-refractivity contribution in [2.75, 3.05) is 20.3 Å². The number of nitrogens with zero attached hydrogens (tertiary/aromatic N) is 1. The van der Waals surface area contributed by atoms with Gasteiger partial charge in [-0.3, -0.25) is 4.79 Å². The van der Waals surface area contributed by atoms with Gasteiger partial charge in [-0.15, -0.1) is 0 Å². The van der Waals surface area contributed by atoms with Crippen LogP contribution in [0.2, 0.25) is 5.02 Å². The maximum absolute atomic E-state index is 10.9. The Morgan fingerprint density at radius 2 is 1.79 bits per heavy atom. The Balaban J connectivity index is 1.92. The molecule has 0 bridgehead atoms. The zero-order valence-corrected chi connectivity index (χ0v) is 17.3. The Hall–Kier alpha value is -2.73. The van der Waals surface area contributed by atoms with Crippen LogP contribution in [-0.2, 0) is 4.79 Å². The van der Waals surface area contributed by atoms with Crippen LogP contribution in [0.5, 0.6) is 17.2 Å². The molecule has 0 saturated carbocycles. The molecule has 0 heterocycles. The molecule has 0 aromatic heterocycles. The normalized spacial score (nSPS) is 10.8. The molecule has 0 unspecified atom stereocenters. The number of benzene rings is 2. The predicted molar refractivity (Wildman–Crippen MR) is 111 cm³/mol. The molecule has 28 heavy (non-hydrogen) atoms. The zero-order chi connectivity index (χ0) is 20.5. The fourth-order valence-corrected chi connectivity index (χ4v) is 2.86. The van der Waals surface area contributed by atoms with E-state index in [1.165, 1.54) is 20.2 Å². The Morgan fingerprint density at radius 1 is 1.14 bits per heavy atom. The topological polar surface area (TPSA) is 69.2 Å². The van der Waals surface area contributed by atoms with Gasteiger partial charge >= 0.3 is 0 Å². The molecule has 0 aliphatic carbocycles. The van der Waals surface area contributed by atoms with E-state index in [1.54, 1.807) is 12.1 Å². The zero-order valence-electron chi connectivity index (χ0n) is 16.5. The number of para-hydroxylation sites is 1. The standard InChI is InChI=1S/C21H25ClN2O4/c1-14-7-5-8-15(2)20(14)27-9-6-10-28-21-18(22)11-17(12-19(21)26-4)13-23-24-16(3)25/h5,7-8,11-13H,6,9-10H2,1-4H3,(H,24,25)/b23-13-. The number of hydrogen-bond donors (Lipinski definition) is 1. The number of nitrogens with one attached hydrogen (secondary N) is 1. The maximum atomic E-state index is 10.9. The van der Waals surface area contributed by atoms with Crippen LogP contribution in [0.1, 0.15) is 30.0 Å². The molecule has 2 aromatic rings. The number of carbonyl (C=O) groups is 1. The number of hydrogen-bond acceptors (Lipinski definition) is 5. The average Bonchev–Trinajstić information content (AvgIpc) is 2.64. The van der Waals surface area contributed by atoms with Crippen LogP contribution in [0.25, 0.3) is 0 Å². The predicted octanol–water partition coefficient (Wildman–Crippen LogP) is 4.28. The molecular formula is C21H25ClN2O4. The van der Waals surface area contributed by atoms with Crippen LogP contribution in [0.3, 0.4) is 0 Å². The molecule has 0 saturated heterocycles. The first-order chi connectivity index (χ1) is 13.4. The number of halogens is 1. The quantitative estimate of drug-likeness (QED) is 0.384. The molecule has 7 heteroatoms. The van der Waals surface area contributed by atoms with E-state index in [9.17, 15) is 4.79 Å². The first-order valence-electron chi connectivity index (χ1n) is 8.91. The van der Waals surface area contributed by atoms with Crippen molar-refractivity contribution in [3.05, 3.63) is 52.0 Å². The van der Waals surface area contributed by atoms with Crippen molar-refractivity contribution in [3.8, 4) is 17.2 Å². The van der Waals surface area contributed by atoms with E-state index in [0.29, 0.717) is 41.7 Å². The molecule has 1 amide bonds. The highest BCUT2D eigenvalue weighted by Gasteiger charge is 2.12. The second kappa shape index (κ2) is 10.6. The van der Waals surface area contributed by atoms with E-state index in [1.807, 2.05) is 32.0 Å². The lowest BCUT2D eigenvalue weighted by Crippen LogP contribution is -2.12. The molecule has 0 atom stereocenters.